The Bertz CT molecular complexity index is 591. The van der Waals surface area contributed by atoms with E-state index in [1.165, 1.54) is 6.07 Å². The highest BCUT2D eigenvalue weighted by Crippen LogP contribution is 2.32. The normalized spacial score (nSPS) is 11.4. The maximum Gasteiger partial charge on any atom is 0.416 e. The van der Waals surface area contributed by atoms with Crippen molar-refractivity contribution in [2.45, 2.75) is 12.7 Å². The second kappa shape index (κ2) is 6.18. The minimum Gasteiger partial charge on any atom is -0.379 e. The van der Waals surface area contributed by atoms with E-state index in [1.54, 1.807) is 6.07 Å². The summed E-state index contributed by atoms with van der Waals surface area (Å²) in [7, 11) is 0. The first-order valence-electron chi connectivity index (χ1n) is 5.72. The third-order valence-electron chi connectivity index (χ3n) is 2.69. The number of hydrogen-bond donors (Lipinski definition) is 1. The van der Waals surface area contributed by atoms with Crippen LogP contribution in [-0.4, -0.2) is 0 Å². The van der Waals surface area contributed by atoms with Crippen molar-refractivity contribution in [3.8, 4) is 0 Å². The molecule has 1 nitrogen and oxygen atoms in total. The molecule has 2 aromatic rings. The second-order valence-corrected chi connectivity index (χ2v) is 5.86. The predicted octanol–water partition coefficient (Wildman–Crippen LogP) is 5.84. The van der Waals surface area contributed by atoms with Gasteiger partial charge in [0.15, 0.2) is 0 Å². The van der Waals surface area contributed by atoms with Gasteiger partial charge in [-0.3, -0.25) is 0 Å². The molecule has 0 aliphatic rings. The standard InChI is InChI=1S/C14H10Br2F3N/c15-11-5-2-6-12(16)13(11)20-8-9-3-1-4-10(7-9)14(17,18)19/h1-7,20H,8H2. The Labute approximate surface area is 131 Å². The molecule has 106 valence electrons. The fourth-order valence-electron chi connectivity index (χ4n) is 1.71. The first-order chi connectivity index (χ1) is 9.38. The van der Waals surface area contributed by atoms with Gasteiger partial charge in [0.05, 0.1) is 11.3 Å². The number of alkyl halides is 3. The van der Waals surface area contributed by atoms with Crippen LogP contribution < -0.4 is 5.32 Å². The molecule has 0 fully saturated rings. The number of hydrogen-bond acceptors (Lipinski definition) is 1. The topological polar surface area (TPSA) is 12.0 Å². The molecule has 0 atom stereocenters. The highest BCUT2D eigenvalue weighted by molar-refractivity contribution is 9.11. The van der Waals surface area contributed by atoms with Gasteiger partial charge in [0, 0.05) is 15.5 Å². The molecule has 0 unspecified atom stereocenters. The van der Waals surface area contributed by atoms with Gasteiger partial charge in [-0.05, 0) is 61.7 Å². The average molecular weight is 409 g/mol. The monoisotopic (exact) mass is 407 g/mol. The van der Waals surface area contributed by atoms with E-state index in [0.29, 0.717) is 12.1 Å². The van der Waals surface area contributed by atoms with Crippen LogP contribution in [0.3, 0.4) is 0 Å². The minimum atomic E-state index is -4.32. The molecule has 1 N–H and O–H groups in total. The van der Waals surface area contributed by atoms with E-state index in [1.807, 2.05) is 18.2 Å². The molecular weight excluding hydrogens is 399 g/mol. The Morgan fingerprint density at radius 2 is 1.55 bits per heavy atom. The van der Waals surface area contributed by atoms with Gasteiger partial charge in [0.1, 0.15) is 0 Å². The van der Waals surface area contributed by atoms with Crippen molar-refractivity contribution < 1.29 is 13.2 Å². The third-order valence-corrected chi connectivity index (χ3v) is 4.01. The van der Waals surface area contributed by atoms with Crippen LogP contribution in [0, 0.1) is 0 Å². The summed E-state index contributed by atoms with van der Waals surface area (Å²) >= 11 is 6.79. The number of para-hydroxylation sites is 1. The molecule has 0 heterocycles. The lowest BCUT2D eigenvalue weighted by molar-refractivity contribution is -0.137. The van der Waals surface area contributed by atoms with Crippen LogP contribution in [0.5, 0.6) is 0 Å². The first-order valence-corrected chi connectivity index (χ1v) is 7.30. The average Bonchev–Trinajstić information content (AvgIpc) is 2.37. The van der Waals surface area contributed by atoms with E-state index in [2.05, 4.69) is 37.2 Å². The van der Waals surface area contributed by atoms with Crippen LogP contribution in [-0.2, 0) is 12.7 Å². The molecule has 2 aromatic carbocycles. The van der Waals surface area contributed by atoms with E-state index < -0.39 is 11.7 Å². The molecule has 0 spiro atoms. The fraction of sp³-hybridized carbons (Fsp3) is 0.143. The zero-order valence-corrected chi connectivity index (χ0v) is 13.3. The van der Waals surface area contributed by atoms with Crippen molar-refractivity contribution in [3.63, 3.8) is 0 Å². The molecule has 0 aliphatic carbocycles. The molecule has 20 heavy (non-hydrogen) atoms. The van der Waals surface area contributed by atoms with Crippen LogP contribution in [0.2, 0.25) is 0 Å². The van der Waals surface area contributed by atoms with Crippen LogP contribution in [0.4, 0.5) is 18.9 Å². The van der Waals surface area contributed by atoms with Crippen molar-refractivity contribution in [1.29, 1.82) is 0 Å². The summed E-state index contributed by atoms with van der Waals surface area (Å²) in [6.07, 6.45) is -4.32. The van der Waals surface area contributed by atoms with Crippen molar-refractivity contribution in [1.82, 2.24) is 0 Å². The highest BCUT2D eigenvalue weighted by atomic mass is 79.9. The van der Waals surface area contributed by atoms with Gasteiger partial charge in [-0.15, -0.1) is 0 Å². The highest BCUT2D eigenvalue weighted by Gasteiger charge is 2.30. The fourth-order valence-corrected chi connectivity index (χ4v) is 2.99. The van der Waals surface area contributed by atoms with E-state index >= 15 is 0 Å². The summed E-state index contributed by atoms with van der Waals surface area (Å²) < 4.78 is 39.6. The van der Waals surface area contributed by atoms with Gasteiger partial charge in [0.2, 0.25) is 0 Å². The molecule has 0 bridgehead atoms. The molecule has 6 heteroatoms. The minimum absolute atomic E-state index is 0.311. The number of anilines is 1. The molecule has 0 aromatic heterocycles. The maximum atomic E-state index is 12.6. The number of rotatable bonds is 3. The number of benzene rings is 2. The van der Waals surface area contributed by atoms with E-state index in [0.717, 1.165) is 26.8 Å². The predicted molar refractivity (Wildman–Crippen MR) is 80.6 cm³/mol. The van der Waals surface area contributed by atoms with Gasteiger partial charge in [-0.2, -0.15) is 13.2 Å². The van der Waals surface area contributed by atoms with E-state index in [-0.39, 0.29) is 0 Å². The molecule has 2 rings (SSSR count). The molecule has 0 aliphatic heterocycles. The van der Waals surface area contributed by atoms with Crippen LogP contribution in [0.15, 0.2) is 51.4 Å². The smallest absolute Gasteiger partial charge is 0.379 e. The Balaban J connectivity index is 2.16. The van der Waals surface area contributed by atoms with Crippen molar-refractivity contribution in [3.05, 3.63) is 62.5 Å². The summed E-state index contributed by atoms with van der Waals surface area (Å²) in [6.45, 7) is 0.311. The first kappa shape index (κ1) is 15.4. The van der Waals surface area contributed by atoms with Gasteiger partial charge in [0.25, 0.3) is 0 Å². The van der Waals surface area contributed by atoms with E-state index in [4.69, 9.17) is 0 Å². The molecule has 0 amide bonds. The van der Waals surface area contributed by atoms with Gasteiger partial charge < -0.3 is 5.32 Å². The largest absolute Gasteiger partial charge is 0.416 e. The number of halogens is 5. The van der Waals surface area contributed by atoms with Crippen LogP contribution >= 0.6 is 31.9 Å². The lowest BCUT2D eigenvalue weighted by Gasteiger charge is -2.12. The molecule has 0 saturated carbocycles. The summed E-state index contributed by atoms with van der Waals surface area (Å²) in [5.74, 6) is 0. The number of nitrogens with one attached hydrogen (secondary N) is 1. The zero-order chi connectivity index (χ0) is 14.8. The summed E-state index contributed by atoms with van der Waals surface area (Å²) in [4.78, 5) is 0. The van der Waals surface area contributed by atoms with E-state index in [9.17, 15) is 13.2 Å². The van der Waals surface area contributed by atoms with Crippen LogP contribution in [0.1, 0.15) is 11.1 Å². The summed E-state index contributed by atoms with van der Waals surface area (Å²) in [5.41, 5.74) is 0.746. The maximum absolute atomic E-state index is 12.6. The molecular formula is C14H10Br2F3N. The Morgan fingerprint density at radius 3 is 2.15 bits per heavy atom. The Kier molecular flexibility index (Phi) is 4.75. The van der Waals surface area contributed by atoms with Gasteiger partial charge in [-0.1, -0.05) is 18.2 Å². The lowest BCUT2D eigenvalue weighted by atomic mass is 10.1. The summed E-state index contributed by atoms with van der Waals surface area (Å²) in [5, 5.41) is 3.12. The van der Waals surface area contributed by atoms with Crippen molar-refractivity contribution >= 4 is 37.5 Å². The Morgan fingerprint density at radius 1 is 0.950 bits per heavy atom. The lowest BCUT2D eigenvalue weighted by Crippen LogP contribution is -2.07. The van der Waals surface area contributed by atoms with Gasteiger partial charge in [-0.25, -0.2) is 0 Å². The molecule has 0 radical (unpaired) electrons. The quantitative estimate of drug-likeness (QED) is 0.672. The van der Waals surface area contributed by atoms with Crippen molar-refractivity contribution in [2.24, 2.45) is 0 Å². The SMILES string of the molecule is FC(F)(F)c1cccc(CNc2c(Br)cccc2Br)c1. The van der Waals surface area contributed by atoms with Crippen molar-refractivity contribution in [2.75, 3.05) is 5.32 Å². The zero-order valence-electron chi connectivity index (χ0n) is 10.1. The third kappa shape index (κ3) is 3.76. The second-order valence-electron chi connectivity index (χ2n) is 4.15. The van der Waals surface area contributed by atoms with Gasteiger partial charge >= 0.3 is 6.18 Å². The molecule has 0 saturated heterocycles. The Hall–Kier alpha value is -1.01. The van der Waals surface area contributed by atoms with Crippen LogP contribution in [0.25, 0.3) is 0 Å². The summed E-state index contributed by atoms with van der Waals surface area (Å²) in [6, 6.07) is 10.9.